The van der Waals surface area contributed by atoms with Gasteiger partial charge in [0.05, 0.1) is 0 Å². The molecular formula is C12H19F5N2O. The third-order valence-corrected chi connectivity index (χ3v) is 3.50. The molecule has 3 nitrogen and oxygen atoms in total. The average Bonchev–Trinajstić information content (AvgIpc) is 2.38. The van der Waals surface area contributed by atoms with E-state index in [2.05, 4.69) is 0 Å². The fraction of sp³-hybridized carbons (Fsp3) is 0.917. The summed E-state index contributed by atoms with van der Waals surface area (Å²) >= 11 is 0. The summed E-state index contributed by atoms with van der Waals surface area (Å²) < 4.78 is 63.4. The molecule has 8 heteroatoms. The first-order valence-electron chi connectivity index (χ1n) is 6.67. The van der Waals surface area contributed by atoms with Gasteiger partial charge in [-0.25, -0.2) is 0 Å². The van der Waals surface area contributed by atoms with Crippen molar-refractivity contribution in [2.75, 3.05) is 13.1 Å². The van der Waals surface area contributed by atoms with Crippen LogP contribution in [0.15, 0.2) is 0 Å². The number of amides is 1. The summed E-state index contributed by atoms with van der Waals surface area (Å²) in [6.07, 6.45) is -2.36. The van der Waals surface area contributed by atoms with Crippen LogP contribution in [-0.4, -0.2) is 42.0 Å². The molecule has 0 spiro atoms. The Labute approximate surface area is 114 Å². The van der Waals surface area contributed by atoms with Crippen molar-refractivity contribution in [1.82, 2.24) is 4.90 Å². The largest absolute Gasteiger partial charge is 0.463 e. The lowest BCUT2D eigenvalue weighted by Gasteiger charge is -2.36. The van der Waals surface area contributed by atoms with Gasteiger partial charge in [-0.15, -0.1) is 0 Å². The Morgan fingerprint density at radius 1 is 1.10 bits per heavy atom. The van der Waals surface area contributed by atoms with Gasteiger partial charge in [-0.3, -0.25) is 4.79 Å². The molecule has 0 bridgehead atoms. The second-order valence-electron chi connectivity index (χ2n) is 5.00. The Hall–Kier alpha value is -0.920. The molecule has 1 aliphatic rings. The van der Waals surface area contributed by atoms with Crippen LogP contribution >= 0.6 is 0 Å². The highest BCUT2D eigenvalue weighted by Crippen LogP contribution is 2.38. The number of hydrogen-bond donors (Lipinski definition) is 1. The van der Waals surface area contributed by atoms with E-state index in [0.29, 0.717) is 17.7 Å². The van der Waals surface area contributed by atoms with Crippen molar-refractivity contribution in [3.63, 3.8) is 0 Å². The smallest absolute Gasteiger partial charge is 0.334 e. The fourth-order valence-electron chi connectivity index (χ4n) is 2.41. The van der Waals surface area contributed by atoms with E-state index in [1.165, 1.54) is 0 Å². The molecule has 0 aliphatic heterocycles. The number of nitrogens with zero attached hydrogens (tertiary/aromatic N) is 1. The van der Waals surface area contributed by atoms with E-state index in [-0.39, 0.29) is 19.5 Å². The van der Waals surface area contributed by atoms with Gasteiger partial charge in [0.25, 0.3) is 0 Å². The number of nitrogens with two attached hydrogens (primary N) is 1. The van der Waals surface area contributed by atoms with E-state index in [1.807, 2.05) is 0 Å². The Morgan fingerprint density at radius 2 is 1.65 bits per heavy atom. The molecule has 1 fully saturated rings. The normalized spacial score (nSPS) is 18.1. The molecule has 0 radical (unpaired) electrons. The summed E-state index contributed by atoms with van der Waals surface area (Å²) in [6.45, 7) is -0.0280. The van der Waals surface area contributed by atoms with Gasteiger partial charge in [-0.05, 0) is 25.8 Å². The lowest BCUT2D eigenvalue weighted by atomic mass is 9.93. The molecule has 1 aliphatic carbocycles. The Bertz CT molecular complexity index is 326. The van der Waals surface area contributed by atoms with Crippen LogP contribution in [0.2, 0.25) is 0 Å². The number of carbonyl (C=O) groups excluding carboxylic acids is 1. The quantitative estimate of drug-likeness (QED) is 0.794. The van der Waals surface area contributed by atoms with E-state index >= 15 is 0 Å². The minimum absolute atomic E-state index is 0.133. The van der Waals surface area contributed by atoms with Crippen LogP contribution in [0.5, 0.6) is 0 Å². The molecule has 118 valence electrons. The molecular weight excluding hydrogens is 283 g/mol. The average molecular weight is 302 g/mol. The van der Waals surface area contributed by atoms with Gasteiger partial charge in [0, 0.05) is 12.6 Å². The van der Waals surface area contributed by atoms with Crippen LogP contribution in [0.3, 0.4) is 0 Å². The second-order valence-corrected chi connectivity index (χ2v) is 5.00. The van der Waals surface area contributed by atoms with Crippen molar-refractivity contribution in [2.45, 2.75) is 56.7 Å². The molecule has 20 heavy (non-hydrogen) atoms. The molecule has 2 N–H and O–H groups in total. The predicted molar refractivity (Wildman–Crippen MR) is 63.3 cm³/mol. The molecule has 0 aromatic rings. The lowest BCUT2D eigenvalue weighted by Crippen LogP contribution is -2.55. The monoisotopic (exact) mass is 302 g/mol. The van der Waals surface area contributed by atoms with Gasteiger partial charge >= 0.3 is 18.0 Å². The molecule has 0 saturated heterocycles. The SMILES string of the molecule is NCCCN(C(=O)C(F)(F)C(F)(F)F)C1CCCCC1. The number of carbonyl (C=O) groups is 1. The first-order valence-corrected chi connectivity index (χ1v) is 6.67. The number of halogens is 5. The minimum Gasteiger partial charge on any atom is -0.334 e. The van der Waals surface area contributed by atoms with Gasteiger partial charge in [0.1, 0.15) is 0 Å². The van der Waals surface area contributed by atoms with E-state index in [1.54, 1.807) is 0 Å². The third-order valence-electron chi connectivity index (χ3n) is 3.50. The zero-order valence-corrected chi connectivity index (χ0v) is 11.1. The molecule has 1 saturated carbocycles. The maximum Gasteiger partial charge on any atom is 0.463 e. The highest BCUT2D eigenvalue weighted by atomic mass is 19.4. The maximum absolute atomic E-state index is 13.2. The van der Waals surface area contributed by atoms with Crippen molar-refractivity contribution < 1.29 is 26.7 Å². The van der Waals surface area contributed by atoms with Crippen LogP contribution in [0.25, 0.3) is 0 Å². The second kappa shape index (κ2) is 6.69. The summed E-state index contributed by atoms with van der Waals surface area (Å²) in [5.74, 6) is -7.48. The fourth-order valence-corrected chi connectivity index (χ4v) is 2.41. The summed E-state index contributed by atoms with van der Waals surface area (Å²) in [6, 6.07) is -0.545. The number of rotatable bonds is 5. The van der Waals surface area contributed by atoms with Gasteiger partial charge in [-0.1, -0.05) is 19.3 Å². The minimum atomic E-state index is -5.86. The number of alkyl halides is 5. The van der Waals surface area contributed by atoms with Crippen LogP contribution in [0.4, 0.5) is 22.0 Å². The lowest BCUT2D eigenvalue weighted by molar-refractivity contribution is -0.275. The number of hydrogen-bond acceptors (Lipinski definition) is 2. The van der Waals surface area contributed by atoms with Crippen LogP contribution in [0, 0.1) is 0 Å². The maximum atomic E-state index is 13.2. The third kappa shape index (κ3) is 3.80. The van der Waals surface area contributed by atoms with Crippen molar-refractivity contribution in [3.05, 3.63) is 0 Å². The van der Waals surface area contributed by atoms with Crippen molar-refractivity contribution in [3.8, 4) is 0 Å². The zero-order valence-electron chi connectivity index (χ0n) is 11.1. The molecule has 0 atom stereocenters. The van der Waals surface area contributed by atoms with Crippen molar-refractivity contribution >= 4 is 5.91 Å². The summed E-state index contributed by atoms with van der Waals surface area (Å²) in [5.41, 5.74) is 5.25. The van der Waals surface area contributed by atoms with Gasteiger partial charge < -0.3 is 10.6 Å². The molecule has 0 unspecified atom stereocenters. The highest BCUT2D eigenvalue weighted by molar-refractivity contribution is 5.84. The molecule has 1 amide bonds. The Kier molecular flexibility index (Phi) is 5.73. The van der Waals surface area contributed by atoms with Crippen molar-refractivity contribution in [2.24, 2.45) is 5.73 Å². The van der Waals surface area contributed by atoms with Crippen LogP contribution < -0.4 is 5.73 Å². The topological polar surface area (TPSA) is 46.3 Å². The van der Waals surface area contributed by atoms with E-state index in [9.17, 15) is 26.7 Å². The van der Waals surface area contributed by atoms with Gasteiger partial charge in [-0.2, -0.15) is 22.0 Å². The van der Waals surface area contributed by atoms with E-state index in [4.69, 9.17) is 5.73 Å². The van der Waals surface area contributed by atoms with E-state index < -0.39 is 24.0 Å². The first kappa shape index (κ1) is 17.1. The highest BCUT2D eigenvalue weighted by Gasteiger charge is 2.65. The predicted octanol–water partition coefficient (Wildman–Crippen LogP) is 2.69. The van der Waals surface area contributed by atoms with Gasteiger partial charge in [0.2, 0.25) is 0 Å². The first-order chi connectivity index (χ1) is 9.21. The summed E-state index contributed by atoms with van der Waals surface area (Å²) in [5, 5.41) is 0. The van der Waals surface area contributed by atoms with Crippen LogP contribution in [-0.2, 0) is 4.79 Å². The molecule has 0 heterocycles. The molecule has 0 aromatic heterocycles. The van der Waals surface area contributed by atoms with E-state index in [0.717, 1.165) is 19.3 Å². The Morgan fingerprint density at radius 3 is 2.10 bits per heavy atom. The van der Waals surface area contributed by atoms with Crippen LogP contribution in [0.1, 0.15) is 38.5 Å². The molecule has 1 rings (SSSR count). The van der Waals surface area contributed by atoms with Gasteiger partial charge in [0.15, 0.2) is 0 Å². The standard InChI is InChI=1S/C12H19F5N2O/c13-11(14,12(15,16)17)10(20)19(8-4-7-18)9-5-2-1-3-6-9/h9H,1-8,18H2. The molecule has 0 aromatic carbocycles. The summed E-state index contributed by atoms with van der Waals surface area (Å²) in [7, 11) is 0. The van der Waals surface area contributed by atoms with Crippen molar-refractivity contribution in [1.29, 1.82) is 0 Å². The summed E-state index contributed by atoms with van der Waals surface area (Å²) in [4.78, 5) is 12.3. The zero-order chi connectivity index (χ0) is 15.4. The Balaban J connectivity index is 2.88.